The van der Waals surface area contributed by atoms with Crippen LogP contribution in [-0.2, 0) is 35.4 Å². The second kappa shape index (κ2) is 16.6. The number of methoxy groups -OCH3 is 1. The van der Waals surface area contributed by atoms with E-state index in [1.165, 1.54) is 35.7 Å². The van der Waals surface area contributed by atoms with Crippen LogP contribution in [0.2, 0.25) is 0 Å². The summed E-state index contributed by atoms with van der Waals surface area (Å²) >= 11 is 0. The molecule has 0 aliphatic carbocycles. The molecular weight excluding hydrogens is 628 g/mol. The molecule has 2 saturated heterocycles. The van der Waals surface area contributed by atoms with Crippen molar-refractivity contribution in [3.63, 3.8) is 0 Å². The Morgan fingerprint density at radius 3 is 2.51 bits per heavy atom. The van der Waals surface area contributed by atoms with E-state index in [2.05, 4.69) is 15.4 Å². The molecule has 0 bridgehead atoms. The van der Waals surface area contributed by atoms with Gasteiger partial charge in [0.1, 0.15) is 6.10 Å². The molecule has 0 radical (unpaired) electrons. The maximum Gasteiger partial charge on any atom is 0.407 e. The predicted molar refractivity (Wildman–Crippen MR) is 175 cm³/mol. The fourth-order valence-electron chi connectivity index (χ4n) is 5.94. The largest absolute Gasteiger partial charge is 0.453 e. The number of hydrogen-bond donors (Lipinski definition) is 4. The minimum absolute atomic E-state index is 0.0403. The molecule has 5 atom stereocenters. The fraction of sp³-hybridized carbons (Fsp3) is 0.576. The average Bonchev–Trinajstić information content (AvgIpc) is 3.66. The number of nitrogens with two attached hydrogens (primary N) is 1. The van der Waals surface area contributed by atoms with Gasteiger partial charge < -0.3 is 40.4 Å². The number of aliphatic hydroxyl groups is 1. The van der Waals surface area contributed by atoms with Crippen LogP contribution in [0.3, 0.4) is 0 Å². The van der Waals surface area contributed by atoms with Gasteiger partial charge in [0.05, 0.1) is 43.3 Å². The van der Waals surface area contributed by atoms with Crippen LogP contribution in [0.15, 0.2) is 59.5 Å². The van der Waals surface area contributed by atoms with Gasteiger partial charge >= 0.3 is 12.2 Å². The van der Waals surface area contributed by atoms with Gasteiger partial charge in [0.25, 0.3) is 0 Å². The monoisotopic (exact) mass is 676 g/mol. The number of carbonyl (C=O) groups excluding carboxylic acids is 2. The third kappa shape index (κ3) is 10.5. The molecule has 47 heavy (non-hydrogen) atoms. The van der Waals surface area contributed by atoms with Crippen molar-refractivity contribution in [1.82, 2.24) is 14.9 Å². The van der Waals surface area contributed by atoms with E-state index in [1.807, 2.05) is 44.2 Å². The molecule has 2 aliphatic rings. The summed E-state index contributed by atoms with van der Waals surface area (Å²) in [7, 11) is -2.79. The number of unbranched alkanes of at least 4 members (excludes halogenated alkanes) is 1. The Labute approximate surface area is 277 Å². The lowest BCUT2D eigenvalue weighted by atomic mass is 9.87. The van der Waals surface area contributed by atoms with E-state index in [9.17, 15) is 23.1 Å². The molecular formula is C33H48N4O9S. The highest BCUT2D eigenvalue weighted by Gasteiger charge is 2.44. The van der Waals surface area contributed by atoms with Crippen molar-refractivity contribution in [3.05, 3.63) is 60.2 Å². The van der Waals surface area contributed by atoms with Crippen molar-refractivity contribution in [2.45, 2.75) is 75.4 Å². The molecule has 2 amide bonds. The first-order valence-corrected chi connectivity index (χ1v) is 17.4. The van der Waals surface area contributed by atoms with Gasteiger partial charge in [0, 0.05) is 25.3 Å². The number of aliphatic hydroxyl groups excluding tert-OH is 1. The Hall–Kier alpha value is -3.43. The molecule has 4 rings (SSSR count). The fourth-order valence-corrected chi connectivity index (χ4v) is 7.59. The van der Waals surface area contributed by atoms with Crippen LogP contribution < -0.4 is 16.4 Å². The Morgan fingerprint density at radius 2 is 1.81 bits per heavy atom. The summed E-state index contributed by atoms with van der Waals surface area (Å²) in [6, 6.07) is 14.4. The number of anilines is 1. The maximum atomic E-state index is 14.1. The van der Waals surface area contributed by atoms with Crippen molar-refractivity contribution in [2.24, 2.45) is 11.3 Å². The first-order valence-electron chi connectivity index (χ1n) is 16.0. The number of benzene rings is 2. The summed E-state index contributed by atoms with van der Waals surface area (Å²) in [4.78, 5) is 24.6. The maximum absolute atomic E-state index is 14.1. The molecule has 0 spiro atoms. The van der Waals surface area contributed by atoms with E-state index in [0.29, 0.717) is 38.1 Å². The second-order valence-electron chi connectivity index (χ2n) is 12.9. The number of nitrogen functional groups attached to an aromatic ring is 1. The van der Waals surface area contributed by atoms with Gasteiger partial charge in [-0.25, -0.2) is 18.0 Å². The predicted octanol–water partition coefficient (Wildman–Crippen LogP) is 3.27. The van der Waals surface area contributed by atoms with Gasteiger partial charge in [-0.1, -0.05) is 50.6 Å². The summed E-state index contributed by atoms with van der Waals surface area (Å²) in [5, 5.41) is 17.1. The van der Waals surface area contributed by atoms with Crippen molar-refractivity contribution in [3.8, 4) is 0 Å². The number of fused-ring (bicyclic) bond motifs is 1. The number of hydrogen-bond acceptors (Lipinski definition) is 10. The van der Waals surface area contributed by atoms with Crippen LogP contribution in [0.1, 0.15) is 45.1 Å². The minimum Gasteiger partial charge on any atom is -0.453 e. The van der Waals surface area contributed by atoms with E-state index in [4.69, 9.17) is 19.9 Å². The Bertz CT molecular complexity index is 1410. The highest BCUT2D eigenvalue weighted by atomic mass is 32.2. The normalized spacial score (nSPS) is 20.7. The van der Waals surface area contributed by atoms with Gasteiger partial charge in [-0.3, -0.25) is 0 Å². The number of carbonyl (C=O) groups is 2. The number of sulfonamides is 1. The molecule has 2 heterocycles. The lowest BCUT2D eigenvalue weighted by Gasteiger charge is -2.35. The first kappa shape index (κ1) is 36.4. The number of ether oxygens (including phenoxy) is 4. The molecule has 2 aromatic carbocycles. The smallest absolute Gasteiger partial charge is 0.407 e. The zero-order valence-electron chi connectivity index (χ0n) is 27.3. The third-order valence-electron chi connectivity index (χ3n) is 8.56. The molecule has 2 aliphatic heterocycles. The Kier molecular flexibility index (Phi) is 12.9. The Balaban J connectivity index is 1.51. The zero-order chi connectivity index (χ0) is 34.0. The lowest BCUT2D eigenvalue weighted by Crippen LogP contribution is -2.52. The first-order chi connectivity index (χ1) is 22.4. The van der Waals surface area contributed by atoms with Crippen LogP contribution in [0.5, 0.6) is 0 Å². The number of nitrogens with zero attached hydrogens (tertiary/aromatic N) is 1. The minimum atomic E-state index is -4.09. The Morgan fingerprint density at radius 1 is 1.09 bits per heavy atom. The number of nitrogens with one attached hydrogen (secondary N) is 2. The molecule has 13 nitrogen and oxygen atoms in total. The van der Waals surface area contributed by atoms with E-state index in [1.54, 1.807) is 0 Å². The van der Waals surface area contributed by atoms with E-state index in [-0.39, 0.29) is 36.9 Å². The summed E-state index contributed by atoms with van der Waals surface area (Å²) in [5.41, 5.74) is 6.60. The van der Waals surface area contributed by atoms with Gasteiger partial charge in [-0.15, -0.1) is 0 Å². The van der Waals surface area contributed by atoms with Crippen molar-refractivity contribution in [2.75, 3.05) is 45.7 Å². The van der Waals surface area contributed by atoms with Crippen molar-refractivity contribution >= 4 is 27.9 Å². The van der Waals surface area contributed by atoms with Crippen molar-refractivity contribution < 1.29 is 42.1 Å². The van der Waals surface area contributed by atoms with Gasteiger partial charge in [0.2, 0.25) is 10.0 Å². The standard InChI is InChI=1S/C33H48N4O9S/c1-33(2,16-7-8-17-35-31(39)43-3)22-37(47(41,42)25-13-11-24(34)12-14-25)20-28(38)27(19-23-9-5-4-6-10-23)36-32(40)46-29-21-45-30-26(29)15-18-44-30/h4-6,9-14,26-30,38H,7-8,15-22,34H2,1-3H3,(H,35,39)(H,36,40)/t26-,27-,28+,29-,30+/m0/s1. The summed E-state index contributed by atoms with van der Waals surface area (Å²) in [6.45, 7) is 4.90. The van der Waals surface area contributed by atoms with Crippen LogP contribution >= 0.6 is 0 Å². The van der Waals surface area contributed by atoms with Gasteiger partial charge in [-0.05, 0) is 60.9 Å². The zero-order valence-corrected chi connectivity index (χ0v) is 28.1. The van der Waals surface area contributed by atoms with Crippen LogP contribution in [0.25, 0.3) is 0 Å². The molecule has 2 aromatic rings. The molecule has 0 aromatic heterocycles. The van der Waals surface area contributed by atoms with E-state index in [0.717, 1.165) is 12.0 Å². The summed E-state index contributed by atoms with van der Waals surface area (Å²) < 4.78 is 50.8. The van der Waals surface area contributed by atoms with Gasteiger partial charge in [-0.2, -0.15) is 4.31 Å². The van der Waals surface area contributed by atoms with Crippen LogP contribution in [0.4, 0.5) is 15.3 Å². The van der Waals surface area contributed by atoms with Gasteiger partial charge in [0.15, 0.2) is 6.29 Å². The SMILES string of the molecule is COC(=O)NCCCCC(C)(C)CN(C[C@@H](O)[C@H](Cc1ccccc1)NC(=O)O[C@H]1CO[C@H]2OCC[C@H]21)S(=O)(=O)c1ccc(N)cc1. The van der Waals surface area contributed by atoms with Crippen molar-refractivity contribution in [1.29, 1.82) is 0 Å². The topological polar surface area (TPSA) is 179 Å². The van der Waals surface area contributed by atoms with E-state index >= 15 is 0 Å². The highest BCUT2D eigenvalue weighted by Crippen LogP contribution is 2.33. The number of rotatable bonds is 16. The molecule has 14 heteroatoms. The number of amides is 2. The average molecular weight is 677 g/mol. The molecule has 0 saturated carbocycles. The highest BCUT2D eigenvalue weighted by molar-refractivity contribution is 7.89. The quantitative estimate of drug-likeness (QED) is 0.152. The number of alkyl carbamates (subject to hydrolysis) is 2. The molecule has 5 N–H and O–H groups in total. The van der Waals surface area contributed by atoms with E-state index < -0.39 is 52.2 Å². The van der Waals surface area contributed by atoms with Crippen LogP contribution in [0, 0.1) is 11.3 Å². The molecule has 260 valence electrons. The lowest BCUT2D eigenvalue weighted by molar-refractivity contribution is -0.0907. The molecule has 0 unspecified atom stereocenters. The molecule has 2 fully saturated rings. The van der Waals surface area contributed by atoms with Crippen LogP contribution in [-0.4, -0.2) is 94.5 Å². The third-order valence-corrected chi connectivity index (χ3v) is 10.4. The summed E-state index contributed by atoms with van der Waals surface area (Å²) in [6.07, 6.45) is -0.403. The second-order valence-corrected chi connectivity index (χ2v) is 14.8. The summed E-state index contributed by atoms with van der Waals surface area (Å²) in [5.74, 6) is -0.0581.